The van der Waals surface area contributed by atoms with Crippen molar-refractivity contribution in [3.8, 4) is 11.5 Å². The number of benzene rings is 3. The number of Topliss-reactive ketones (excluding diaryl/α,β-unsaturated/α-hetero) is 1. The van der Waals surface area contributed by atoms with Gasteiger partial charge in [0.05, 0.1) is 30.4 Å². The van der Waals surface area contributed by atoms with Crippen molar-refractivity contribution >= 4 is 23.1 Å². The molecule has 3 aromatic carbocycles. The number of carbonyl (C=O) groups excluding carboxylic acids is 2. The molecule has 1 amide bonds. The monoisotopic (exact) mass is 475 g/mol. The van der Waals surface area contributed by atoms with E-state index in [0.29, 0.717) is 36.0 Å². The fourth-order valence-electron chi connectivity index (χ4n) is 4.25. The van der Waals surface area contributed by atoms with Crippen molar-refractivity contribution in [1.29, 1.82) is 0 Å². The third-order valence-corrected chi connectivity index (χ3v) is 5.82. The molecule has 0 spiro atoms. The van der Waals surface area contributed by atoms with E-state index in [1.807, 2.05) is 26.0 Å². The molecular weight excluding hydrogens is 449 g/mol. The summed E-state index contributed by atoms with van der Waals surface area (Å²) in [5.74, 6) is -1.58. The number of hydrogen-bond donors (Lipinski definition) is 1. The zero-order valence-electron chi connectivity index (χ0n) is 19.7. The molecule has 1 aliphatic heterocycles. The standard InChI is InChI=1S/C28H26FNO5/c1-4-34-20-14-15-21(23(16-20)35-5-2)26(31)24-25(18-10-12-19(29)13-11-18)30(28(33)27(24)32)22-9-7-6-8-17(22)3/h6-16,25,31H,4-5H2,1-3H3/b26-24-. The summed E-state index contributed by atoms with van der Waals surface area (Å²) in [6, 6.07) is 16.6. The van der Waals surface area contributed by atoms with Crippen LogP contribution in [0.1, 0.15) is 36.6 Å². The average molecular weight is 476 g/mol. The van der Waals surface area contributed by atoms with Gasteiger partial charge in [-0.1, -0.05) is 30.3 Å². The molecule has 1 fully saturated rings. The number of carbonyl (C=O) groups is 2. The first kappa shape index (κ1) is 24.0. The SMILES string of the molecule is CCOc1ccc(/C(O)=C2/C(=O)C(=O)N(c3ccccc3C)C2c2ccc(F)cc2)c(OCC)c1. The van der Waals surface area contributed by atoms with Crippen LogP contribution < -0.4 is 14.4 Å². The van der Waals surface area contributed by atoms with E-state index in [0.717, 1.165) is 5.56 Å². The molecular formula is C28H26FNO5. The molecule has 0 bridgehead atoms. The van der Waals surface area contributed by atoms with Crippen LogP contribution >= 0.6 is 0 Å². The van der Waals surface area contributed by atoms with Gasteiger partial charge in [0.15, 0.2) is 0 Å². The number of ketones is 1. The van der Waals surface area contributed by atoms with Crippen molar-refractivity contribution in [2.75, 3.05) is 18.1 Å². The highest BCUT2D eigenvalue weighted by molar-refractivity contribution is 6.51. The molecule has 4 rings (SSSR count). The number of aryl methyl sites for hydroxylation is 1. The normalized spacial score (nSPS) is 17.0. The number of para-hydroxylation sites is 1. The van der Waals surface area contributed by atoms with Gasteiger partial charge in [0.25, 0.3) is 11.7 Å². The molecule has 1 heterocycles. The minimum Gasteiger partial charge on any atom is -0.507 e. The third-order valence-electron chi connectivity index (χ3n) is 5.82. The number of anilines is 1. The van der Waals surface area contributed by atoms with Gasteiger partial charge < -0.3 is 14.6 Å². The lowest BCUT2D eigenvalue weighted by Crippen LogP contribution is -2.30. The second-order valence-corrected chi connectivity index (χ2v) is 8.03. The summed E-state index contributed by atoms with van der Waals surface area (Å²) >= 11 is 0. The molecule has 1 unspecified atom stereocenters. The predicted molar refractivity (Wildman–Crippen MR) is 131 cm³/mol. The van der Waals surface area contributed by atoms with Crippen molar-refractivity contribution in [3.63, 3.8) is 0 Å². The molecule has 1 atom stereocenters. The van der Waals surface area contributed by atoms with Gasteiger partial charge in [0.2, 0.25) is 0 Å². The van der Waals surface area contributed by atoms with Gasteiger partial charge in [-0.15, -0.1) is 0 Å². The summed E-state index contributed by atoms with van der Waals surface area (Å²) in [6.45, 7) is 6.24. The van der Waals surface area contributed by atoms with Crippen LogP contribution in [0.5, 0.6) is 11.5 Å². The number of aliphatic hydroxyl groups excluding tert-OH is 1. The van der Waals surface area contributed by atoms with Gasteiger partial charge in [-0.25, -0.2) is 4.39 Å². The van der Waals surface area contributed by atoms with Gasteiger partial charge in [0.1, 0.15) is 23.1 Å². The largest absolute Gasteiger partial charge is 0.507 e. The molecule has 3 aromatic rings. The molecule has 0 radical (unpaired) electrons. The van der Waals surface area contributed by atoms with Crippen molar-refractivity contribution in [3.05, 3.63) is 94.8 Å². The van der Waals surface area contributed by atoms with Crippen LogP contribution in [0.4, 0.5) is 10.1 Å². The lowest BCUT2D eigenvalue weighted by atomic mass is 9.94. The Kier molecular flexibility index (Phi) is 6.87. The Morgan fingerprint density at radius 2 is 1.66 bits per heavy atom. The predicted octanol–water partition coefficient (Wildman–Crippen LogP) is 5.56. The molecule has 1 saturated heterocycles. The summed E-state index contributed by atoms with van der Waals surface area (Å²) in [7, 11) is 0. The topological polar surface area (TPSA) is 76.1 Å². The molecule has 7 heteroatoms. The molecule has 0 aliphatic carbocycles. The van der Waals surface area contributed by atoms with Crippen LogP contribution in [0.15, 0.2) is 72.3 Å². The van der Waals surface area contributed by atoms with Crippen molar-refractivity contribution < 1.29 is 28.6 Å². The number of ether oxygens (including phenoxy) is 2. The van der Waals surface area contributed by atoms with Gasteiger partial charge in [-0.3, -0.25) is 14.5 Å². The second-order valence-electron chi connectivity index (χ2n) is 8.03. The van der Waals surface area contributed by atoms with Crippen LogP contribution in [0.25, 0.3) is 5.76 Å². The van der Waals surface area contributed by atoms with Crippen molar-refractivity contribution in [2.24, 2.45) is 0 Å². The van der Waals surface area contributed by atoms with E-state index in [-0.39, 0.29) is 16.9 Å². The number of nitrogens with zero attached hydrogens (tertiary/aromatic N) is 1. The Balaban J connectivity index is 1.95. The number of rotatable bonds is 7. The van der Waals surface area contributed by atoms with Crippen molar-refractivity contribution in [1.82, 2.24) is 0 Å². The van der Waals surface area contributed by atoms with E-state index < -0.39 is 23.5 Å². The average Bonchev–Trinajstić information content (AvgIpc) is 3.10. The summed E-state index contributed by atoms with van der Waals surface area (Å²) in [5, 5.41) is 11.4. The second kappa shape index (κ2) is 10.0. The Morgan fingerprint density at radius 1 is 0.971 bits per heavy atom. The molecule has 1 aliphatic rings. The molecule has 35 heavy (non-hydrogen) atoms. The smallest absolute Gasteiger partial charge is 0.300 e. The number of hydrogen-bond acceptors (Lipinski definition) is 5. The molecule has 0 aromatic heterocycles. The van der Waals surface area contributed by atoms with Gasteiger partial charge >= 0.3 is 0 Å². The lowest BCUT2D eigenvalue weighted by Gasteiger charge is -2.27. The first-order valence-corrected chi connectivity index (χ1v) is 11.4. The van der Waals surface area contributed by atoms with E-state index in [2.05, 4.69) is 0 Å². The van der Waals surface area contributed by atoms with Crippen molar-refractivity contribution in [2.45, 2.75) is 26.8 Å². The maximum absolute atomic E-state index is 13.7. The van der Waals surface area contributed by atoms with Crippen LogP contribution in [0, 0.1) is 12.7 Å². The number of amides is 1. The van der Waals surface area contributed by atoms with Gasteiger partial charge in [0, 0.05) is 11.8 Å². The highest BCUT2D eigenvalue weighted by atomic mass is 19.1. The molecule has 6 nitrogen and oxygen atoms in total. The van der Waals surface area contributed by atoms with Crippen LogP contribution in [0.3, 0.4) is 0 Å². The highest BCUT2D eigenvalue weighted by Crippen LogP contribution is 2.44. The summed E-state index contributed by atoms with van der Waals surface area (Å²) in [4.78, 5) is 28.0. The minimum absolute atomic E-state index is 0.102. The minimum atomic E-state index is -0.960. The summed E-state index contributed by atoms with van der Waals surface area (Å²) < 4.78 is 25.0. The van der Waals surface area contributed by atoms with E-state index >= 15 is 0 Å². The van der Waals surface area contributed by atoms with Crippen LogP contribution in [-0.4, -0.2) is 30.0 Å². The Labute approximate surface area is 203 Å². The van der Waals surface area contributed by atoms with Crippen LogP contribution in [0.2, 0.25) is 0 Å². The highest BCUT2D eigenvalue weighted by Gasteiger charge is 2.47. The Morgan fingerprint density at radius 3 is 2.31 bits per heavy atom. The van der Waals surface area contributed by atoms with E-state index in [1.165, 1.54) is 29.2 Å². The Hall–Kier alpha value is -4.13. The van der Waals surface area contributed by atoms with Gasteiger partial charge in [-0.05, 0) is 62.2 Å². The first-order valence-electron chi connectivity index (χ1n) is 11.4. The summed E-state index contributed by atoms with van der Waals surface area (Å²) in [5.41, 5.74) is 1.94. The quantitative estimate of drug-likeness (QED) is 0.275. The zero-order chi connectivity index (χ0) is 25.1. The lowest BCUT2D eigenvalue weighted by molar-refractivity contribution is -0.132. The maximum Gasteiger partial charge on any atom is 0.300 e. The maximum atomic E-state index is 13.7. The number of aliphatic hydroxyl groups is 1. The first-order chi connectivity index (χ1) is 16.9. The van der Waals surface area contributed by atoms with Crippen LogP contribution in [-0.2, 0) is 9.59 Å². The molecule has 0 saturated carbocycles. The summed E-state index contributed by atoms with van der Waals surface area (Å²) in [6.07, 6.45) is 0. The fourth-order valence-corrected chi connectivity index (χ4v) is 4.25. The number of halogens is 1. The fraction of sp³-hybridized carbons (Fsp3) is 0.214. The third kappa shape index (κ3) is 4.49. The molecule has 180 valence electrons. The Bertz CT molecular complexity index is 1300. The molecule has 1 N–H and O–H groups in total. The van der Waals surface area contributed by atoms with Gasteiger partial charge in [-0.2, -0.15) is 0 Å². The zero-order valence-corrected chi connectivity index (χ0v) is 19.7. The van der Waals surface area contributed by atoms with E-state index in [4.69, 9.17) is 9.47 Å². The van der Waals surface area contributed by atoms with E-state index in [1.54, 1.807) is 37.3 Å². The van der Waals surface area contributed by atoms with E-state index in [9.17, 15) is 19.1 Å².